The Morgan fingerprint density at radius 1 is 1.37 bits per heavy atom. The number of thiazole rings is 1. The summed E-state index contributed by atoms with van der Waals surface area (Å²) in [6, 6.07) is 9.14. The highest BCUT2D eigenvalue weighted by Crippen LogP contribution is 2.29. The van der Waals surface area contributed by atoms with Crippen molar-refractivity contribution in [2.75, 3.05) is 6.61 Å². The fourth-order valence-electron chi connectivity index (χ4n) is 3.65. The van der Waals surface area contributed by atoms with Gasteiger partial charge in [0.05, 0.1) is 27.6 Å². The summed E-state index contributed by atoms with van der Waals surface area (Å²) in [5, 5.41) is 17.5. The maximum Gasteiger partial charge on any atom is 0.284 e. The number of hydrogen-bond donors (Lipinski definition) is 0. The van der Waals surface area contributed by atoms with Crippen LogP contribution in [0.15, 0.2) is 35.1 Å². The van der Waals surface area contributed by atoms with Crippen LogP contribution in [0.3, 0.4) is 0 Å². The summed E-state index contributed by atoms with van der Waals surface area (Å²) in [6.45, 7) is 2.99. The van der Waals surface area contributed by atoms with E-state index in [0.717, 1.165) is 29.7 Å². The highest BCUT2D eigenvalue weighted by Gasteiger charge is 2.24. The van der Waals surface area contributed by atoms with Crippen molar-refractivity contribution in [3.63, 3.8) is 0 Å². The predicted molar refractivity (Wildman–Crippen MR) is 101 cm³/mol. The zero-order chi connectivity index (χ0) is 18.5. The summed E-state index contributed by atoms with van der Waals surface area (Å²) in [4.78, 5) is 17.6. The van der Waals surface area contributed by atoms with Crippen molar-refractivity contribution in [3.8, 4) is 22.3 Å². The van der Waals surface area contributed by atoms with Gasteiger partial charge < -0.3 is 14.4 Å². The third-order valence-corrected chi connectivity index (χ3v) is 6.05. The Hall–Kier alpha value is -2.71. The zero-order valence-electron chi connectivity index (χ0n) is 14.7. The Bertz CT molecular complexity index is 1140. The van der Waals surface area contributed by atoms with Crippen LogP contribution in [0.1, 0.15) is 18.5 Å². The van der Waals surface area contributed by atoms with Crippen molar-refractivity contribution < 1.29 is 9.84 Å². The molecule has 1 saturated heterocycles. The minimum Gasteiger partial charge on any atom is -0.860 e. The first-order valence-electron chi connectivity index (χ1n) is 8.89. The number of pyridine rings is 1. The molecule has 0 amide bonds. The maximum absolute atomic E-state index is 13.0. The van der Waals surface area contributed by atoms with Crippen LogP contribution in [0.25, 0.3) is 26.6 Å². The second-order valence-corrected chi connectivity index (χ2v) is 7.76. The molecule has 0 aliphatic carbocycles. The zero-order valence-corrected chi connectivity index (χ0v) is 15.5. The number of nitrogens with zero attached hydrogens (tertiary/aromatic N) is 4. The molecule has 4 heterocycles. The summed E-state index contributed by atoms with van der Waals surface area (Å²) in [5.74, 6) is -0.163. The van der Waals surface area contributed by atoms with Gasteiger partial charge in [-0.3, -0.25) is 4.79 Å². The molecule has 0 N–H and O–H groups in total. The van der Waals surface area contributed by atoms with E-state index in [1.165, 1.54) is 22.1 Å². The second-order valence-electron chi connectivity index (χ2n) is 6.75. The molecule has 3 aliphatic heterocycles. The normalized spacial score (nSPS) is 17.3. The molecule has 0 spiro atoms. The summed E-state index contributed by atoms with van der Waals surface area (Å²) in [7, 11) is 0. The van der Waals surface area contributed by atoms with Gasteiger partial charge in [0.15, 0.2) is 0 Å². The van der Waals surface area contributed by atoms with Crippen molar-refractivity contribution >= 4 is 21.6 Å². The summed E-state index contributed by atoms with van der Waals surface area (Å²) in [5.41, 5.74) is 2.08. The van der Waals surface area contributed by atoms with Crippen LogP contribution in [0.2, 0.25) is 0 Å². The highest BCUT2D eigenvalue weighted by atomic mass is 32.1. The third-order valence-electron chi connectivity index (χ3n) is 5.04. The van der Waals surface area contributed by atoms with Gasteiger partial charge in [-0.05, 0) is 43.8 Å². The van der Waals surface area contributed by atoms with Crippen LogP contribution in [-0.2, 0) is 11.3 Å². The van der Waals surface area contributed by atoms with E-state index in [4.69, 9.17) is 4.74 Å². The number of hydrogen-bond acceptors (Lipinski definition) is 6. The predicted octanol–water partition coefficient (Wildman–Crippen LogP) is 2.31. The minimum atomic E-state index is -0.248. The van der Waals surface area contributed by atoms with Crippen LogP contribution in [0.4, 0.5) is 0 Å². The largest absolute Gasteiger partial charge is 0.860 e. The van der Waals surface area contributed by atoms with Gasteiger partial charge in [-0.25, -0.2) is 4.98 Å². The molecule has 2 aromatic rings. The first kappa shape index (κ1) is 16.5. The Morgan fingerprint density at radius 3 is 3.00 bits per heavy atom. The molecular formula is C19H17N4O3S-. The lowest BCUT2D eigenvalue weighted by Crippen LogP contribution is -2.22. The fraction of sp³-hybridized carbons (Fsp3) is 0.316. The smallest absolute Gasteiger partial charge is 0.284 e. The standard InChI is InChI=1S/C19H18N4O3S/c1-11-17-14(9-16(24)22(11)10-12-5-4-8-26-12)21-23(18(17)25)19-20-13-6-2-3-7-15(13)27-19/h2-3,6-7,9,12,24H,4-5,8,10H2,1H3/p-1. The van der Waals surface area contributed by atoms with Crippen molar-refractivity contribution in [3.05, 3.63) is 46.4 Å². The van der Waals surface area contributed by atoms with E-state index < -0.39 is 0 Å². The molecule has 0 bridgehead atoms. The van der Waals surface area contributed by atoms with E-state index in [-0.39, 0.29) is 17.5 Å². The van der Waals surface area contributed by atoms with Gasteiger partial charge in [0.1, 0.15) is 0 Å². The van der Waals surface area contributed by atoms with Gasteiger partial charge in [0.25, 0.3) is 5.56 Å². The molecule has 0 saturated carbocycles. The summed E-state index contributed by atoms with van der Waals surface area (Å²) >= 11 is 1.40. The van der Waals surface area contributed by atoms with E-state index >= 15 is 0 Å². The van der Waals surface area contributed by atoms with Crippen LogP contribution < -0.4 is 10.7 Å². The molecular weight excluding hydrogens is 364 g/mol. The molecule has 1 aromatic carbocycles. The van der Waals surface area contributed by atoms with E-state index in [0.29, 0.717) is 28.6 Å². The average molecular weight is 381 g/mol. The molecule has 0 radical (unpaired) electrons. The average Bonchev–Trinajstić information content (AvgIpc) is 3.37. The third kappa shape index (κ3) is 2.64. The Balaban J connectivity index is 1.65. The summed E-state index contributed by atoms with van der Waals surface area (Å²) < 4.78 is 9.57. The number of para-hydroxylation sites is 1. The molecule has 1 unspecified atom stereocenters. The topological polar surface area (TPSA) is 85.0 Å². The van der Waals surface area contributed by atoms with Crippen LogP contribution >= 0.6 is 11.3 Å². The molecule has 1 fully saturated rings. The van der Waals surface area contributed by atoms with Crippen molar-refractivity contribution in [1.82, 2.24) is 19.3 Å². The highest BCUT2D eigenvalue weighted by molar-refractivity contribution is 7.20. The monoisotopic (exact) mass is 381 g/mol. The lowest BCUT2D eigenvalue weighted by Gasteiger charge is -2.24. The molecule has 1 atom stereocenters. The van der Waals surface area contributed by atoms with Gasteiger partial charge in [0, 0.05) is 18.8 Å². The first-order valence-corrected chi connectivity index (χ1v) is 9.71. The van der Waals surface area contributed by atoms with Gasteiger partial charge in [0.2, 0.25) is 5.13 Å². The van der Waals surface area contributed by atoms with E-state index in [1.807, 2.05) is 24.3 Å². The number of fused-ring (bicyclic) bond motifs is 2. The summed E-state index contributed by atoms with van der Waals surface area (Å²) in [6.07, 6.45) is 1.95. The van der Waals surface area contributed by atoms with Gasteiger partial charge in [-0.15, -0.1) is 0 Å². The Labute approximate surface area is 158 Å². The second kappa shape index (κ2) is 6.17. The molecule has 5 rings (SSSR count). The lowest BCUT2D eigenvalue weighted by atomic mass is 10.1. The number of benzene rings is 1. The molecule has 138 valence electrons. The number of aromatic nitrogens is 4. The Morgan fingerprint density at radius 2 is 2.22 bits per heavy atom. The van der Waals surface area contributed by atoms with E-state index in [2.05, 4.69) is 10.1 Å². The molecule has 8 heteroatoms. The van der Waals surface area contributed by atoms with Crippen molar-refractivity contribution in [2.45, 2.75) is 32.4 Å². The van der Waals surface area contributed by atoms with Crippen molar-refractivity contribution in [2.24, 2.45) is 0 Å². The maximum atomic E-state index is 13.0. The van der Waals surface area contributed by atoms with Gasteiger partial charge >= 0.3 is 0 Å². The van der Waals surface area contributed by atoms with Crippen molar-refractivity contribution in [1.29, 1.82) is 0 Å². The molecule has 1 aromatic heterocycles. The van der Waals surface area contributed by atoms with E-state index in [1.54, 1.807) is 11.5 Å². The lowest BCUT2D eigenvalue weighted by molar-refractivity contribution is -0.280. The van der Waals surface area contributed by atoms with Crippen LogP contribution in [0, 0.1) is 6.92 Å². The van der Waals surface area contributed by atoms with Crippen LogP contribution in [-0.4, -0.2) is 32.0 Å². The number of ether oxygens (including phenoxy) is 1. The minimum absolute atomic E-state index is 0.0215. The van der Waals surface area contributed by atoms with Gasteiger partial charge in [-0.1, -0.05) is 23.5 Å². The Kier molecular flexibility index (Phi) is 3.76. The van der Waals surface area contributed by atoms with Gasteiger partial charge in [-0.2, -0.15) is 9.78 Å². The quantitative estimate of drug-likeness (QED) is 0.544. The van der Waals surface area contributed by atoms with E-state index in [9.17, 15) is 9.90 Å². The molecule has 3 aliphatic rings. The molecule has 7 nitrogen and oxygen atoms in total. The number of rotatable bonds is 3. The molecule has 27 heavy (non-hydrogen) atoms. The SMILES string of the molecule is Cc1c2c(=O)n(-c3nc4ccccc4s3)nc-2cc([O-])n1CC1CCCO1. The van der Waals surface area contributed by atoms with Crippen LogP contribution in [0.5, 0.6) is 5.88 Å². The fourth-order valence-corrected chi connectivity index (χ4v) is 4.57. The first-order chi connectivity index (χ1) is 13.1.